The quantitative estimate of drug-likeness (QED) is 0.167. The van der Waals surface area contributed by atoms with E-state index in [9.17, 15) is 5.26 Å². The predicted molar refractivity (Wildman–Crippen MR) is 261 cm³/mol. The smallest absolute Gasteiger partial charge is 0.230 e. The van der Waals surface area contributed by atoms with Crippen LogP contribution in [0.1, 0.15) is 5.56 Å². The maximum Gasteiger partial charge on any atom is 0.230 e. The number of benzene rings is 10. The number of furan rings is 2. The van der Waals surface area contributed by atoms with Gasteiger partial charge in [0.05, 0.1) is 51.6 Å². The fourth-order valence-electron chi connectivity index (χ4n) is 10.6. The molecule has 0 aliphatic rings. The Morgan fingerprint density at radius 2 is 0.922 bits per heavy atom. The summed E-state index contributed by atoms with van der Waals surface area (Å²) in [5.41, 5.74) is 11.0. The van der Waals surface area contributed by atoms with E-state index in [1.165, 1.54) is 0 Å². The molecule has 0 atom stereocenters. The van der Waals surface area contributed by atoms with Crippen molar-refractivity contribution in [3.05, 3.63) is 199 Å². The number of fused-ring (bicyclic) bond motifs is 16. The number of para-hydroxylation sites is 2. The monoisotopic (exact) mass is 814 g/mol. The Kier molecular flexibility index (Phi) is 6.88. The Labute approximate surface area is 364 Å². The van der Waals surface area contributed by atoms with E-state index in [1.54, 1.807) is 0 Å². The zero-order valence-electron chi connectivity index (χ0n) is 33.9. The second-order valence-corrected chi connectivity index (χ2v) is 16.6. The lowest BCUT2D eigenvalue weighted by atomic mass is 9.99. The minimum absolute atomic E-state index is 0.284. The molecule has 0 N–H and O–H groups in total. The molecule has 0 radical (unpaired) electrons. The van der Waals surface area contributed by atoms with Crippen molar-refractivity contribution in [2.45, 2.75) is 0 Å². The second-order valence-electron chi connectivity index (χ2n) is 16.6. The normalized spacial score (nSPS) is 12.0. The van der Waals surface area contributed by atoms with Crippen molar-refractivity contribution >= 4 is 115 Å². The third-order valence-corrected chi connectivity index (χ3v) is 13.4. The fourth-order valence-corrected chi connectivity index (χ4v) is 10.6. The highest BCUT2D eigenvalue weighted by Gasteiger charge is 2.25. The number of aromatic nitrogens is 2. The molecular weight excluding hydrogens is 785 g/mol. The summed E-state index contributed by atoms with van der Waals surface area (Å²) in [7, 11) is 0. The second kappa shape index (κ2) is 12.7. The Morgan fingerprint density at radius 1 is 0.406 bits per heavy atom. The maximum atomic E-state index is 11.2. The van der Waals surface area contributed by atoms with Crippen molar-refractivity contribution in [2.24, 2.45) is 0 Å². The number of nitrogens with zero attached hydrogens (tertiary/aromatic N) is 4. The Hall–Kier alpha value is -9.10. The summed E-state index contributed by atoms with van der Waals surface area (Å²) in [6.07, 6.45) is 0. The van der Waals surface area contributed by atoms with Crippen molar-refractivity contribution < 1.29 is 8.83 Å². The highest BCUT2D eigenvalue weighted by atomic mass is 16.3. The van der Waals surface area contributed by atoms with Crippen LogP contribution < -0.4 is 0 Å². The molecule has 294 valence electrons. The molecule has 6 heteroatoms. The van der Waals surface area contributed by atoms with Gasteiger partial charge in [0, 0.05) is 49.2 Å². The van der Waals surface area contributed by atoms with E-state index in [0.29, 0.717) is 16.9 Å². The van der Waals surface area contributed by atoms with Crippen LogP contribution in [0.4, 0.5) is 5.69 Å². The van der Waals surface area contributed by atoms with Crippen LogP contribution in [0.15, 0.2) is 191 Å². The predicted octanol–water partition coefficient (Wildman–Crippen LogP) is 16.1. The third-order valence-electron chi connectivity index (χ3n) is 13.4. The van der Waals surface area contributed by atoms with Crippen LogP contribution in [0.2, 0.25) is 0 Å². The van der Waals surface area contributed by atoms with Crippen LogP contribution in [-0.2, 0) is 0 Å². The average Bonchev–Trinajstić information content (AvgIpc) is 4.09. The topological polar surface area (TPSA) is 64.3 Å². The maximum absolute atomic E-state index is 11.2. The highest BCUT2D eigenvalue weighted by Crippen LogP contribution is 2.46. The summed E-state index contributed by atoms with van der Waals surface area (Å²) in [4.78, 5) is 4.21. The van der Waals surface area contributed by atoms with Gasteiger partial charge in [0.25, 0.3) is 0 Å². The summed E-state index contributed by atoms with van der Waals surface area (Å²) in [6, 6.07) is 65.5. The first-order chi connectivity index (χ1) is 31.6. The first-order valence-electron chi connectivity index (χ1n) is 21.3. The SMILES string of the molecule is [C-]#[N+]c1c(-n2c3ccc(-c4ccc5c(c4)oc4ccccc45)cc3c3c4ccccc4ccc32)ccc(-n2c3cc4oc5ccccc5c4cc3c3c4ccccc4ccc32)c1C#N. The molecule has 0 saturated carbocycles. The molecule has 4 heterocycles. The fraction of sp³-hybridized carbons (Fsp3) is 0. The molecule has 10 aromatic carbocycles. The van der Waals surface area contributed by atoms with Gasteiger partial charge in [-0.15, -0.1) is 0 Å². The van der Waals surface area contributed by atoms with Crippen molar-refractivity contribution in [2.75, 3.05) is 0 Å². The van der Waals surface area contributed by atoms with Crippen molar-refractivity contribution in [1.29, 1.82) is 5.26 Å². The van der Waals surface area contributed by atoms with Gasteiger partial charge in [-0.25, -0.2) is 4.85 Å². The summed E-state index contributed by atoms with van der Waals surface area (Å²) >= 11 is 0. The minimum atomic E-state index is 0.284. The molecule has 0 fully saturated rings. The van der Waals surface area contributed by atoms with E-state index in [-0.39, 0.29) is 5.69 Å². The first-order valence-corrected chi connectivity index (χ1v) is 21.3. The Bertz CT molecular complexity index is 4470. The Balaban J connectivity index is 1.03. The standard InChI is InChI=1S/C58H30N4O2/c1-60-58-45(32-59)47(62-49-25-20-34-11-3-5-13-38(34)57(49)44-30-42-40-15-7-9-17-53(40)64-55(42)31-51(44)62)26-27-50(58)61-46-23-21-35(28-43(46)56-37-12-4-2-10-33(37)19-24-48(56)61)36-18-22-41-39-14-6-8-16-52(39)63-54(41)29-36/h2-31H. The number of nitriles is 1. The first kappa shape index (κ1) is 34.6. The lowest BCUT2D eigenvalue weighted by Gasteiger charge is -2.16. The van der Waals surface area contributed by atoms with E-state index in [4.69, 9.17) is 15.4 Å². The van der Waals surface area contributed by atoms with E-state index < -0.39 is 0 Å². The zero-order chi connectivity index (χ0) is 42.2. The van der Waals surface area contributed by atoms with Crippen LogP contribution in [0.3, 0.4) is 0 Å². The van der Waals surface area contributed by atoms with Crippen LogP contribution in [0, 0.1) is 17.9 Å². The molecule has 0 spiro atoms. The van der Waals surface area contributed by atoms with E-state index in [2.05, 4.69) is 154 Å². The van der Waals surface area contributed by atoms with E-state index >= 15 is 0 Å². The molecule has 14 rings (SSSR count). The summed E-state index contributed by atoms with van der Waals surface area (Å²) in [5.74, 6) is 0. The molecule has 64 heavy (non-hydrogen) atoms. The molecule has 0 unspecified atom stereocenters. The van der Waals surface area contributed by atoms with Crippen LogP contribution in [-0.4, -0.2) is 9.13 Å². The molecule has 0 saturated heterocycles. The van der Waals surface area contributed by atoms with Gasteiger partial charge < -0.3 is 18.0 Å². The summed E-state index contributed by atoms with van der Waals surface area (Å²) in [6.45, 7) is 8.78. The molecule has 0 aliphatic heterocycles. The third kappa shape index (κ3) is 4.61. The van der Waals surface area contributed by atoms with Gasteiger partial charge in [0.2, 0.25) is 5.69 Å². The highest BCUT2D eigenvalue weighted by molar-refractivity contribution is 6.25. The molecule has 14 aromatic rings. The molecule has 0 amide bonds. The van der Waals surface area contributed by atoms with Crippen LogP contribution in [0.25, 0.3) is 136 Å². The molecule has 0 aliphatic carbocycles. The summed E-state index contributed by atoms with van der Waals surface area (Å²) in [5, 5.41) is 24.3. The molecule has 4 aromatic heterocycles. The number of hydrogen-bond donors (Lipinski definition) is 0. The lowest BCUT2D eigenvalue weighted by Crippen LogP contribution is -2.02. The van der Waals surface area contributed by atoms with Gasteiger partial charge in [0.1, 0.15) is 22.3 Å². The molecular formula is C58H30N4O2. The average molecular weight is 815 g/mol. The van der Waals surface area contributed by atoms with Gasteiger partial charge in [-0.2, -0.15) is 5.26 Å². The molecule has 0 bridgehead atoms. The van der Waals surface area contributed by atoms with Gasteiger partial charge in [-0.1, -0.05) is 109 Å². The zero-order valence-corrected chi connectivity index (χ0v) is 33.9. The lowest BCUT2D eigenvalue weighted by molar-refractivity contribution is 0.669. The summed E-state index contributed by atoms with van der Waals surface area (Å²) < 4.78 is 17.1. The van der Waals surface area contributed by atoms with Crippen molar-refractivity contribution in [1.82, 2.24) is 9.13 Å². The van der Waals surface area contributed by atoms with Crippen LogP contribution >= 0.6 is 0 Å². The Morgan fingerprint density at radius 3 is 1.59 bits per heavy atom. The van der Waals surface area contributed by atoms with Crippen LogP contribution in [0.5, 0.6) is 0 Å². The van der Waals surface area contributed by atoms with Gasteiger partial charge >= 0.3 is 0 Å². The van der Waals surface area contributed by atoms with E-state index in [0.717, 1.165) is 120 Å². The van der Waals surface area contributed by atoms with Crippen molar-refractivity contribution in [3.8, 4) is 28.6 Å². The van der Waals surface area contributed by atoms with Gasteiger partial charge in [0.15, 0.2) is 0 Å². The number of hydrogen-bond acceptors (Lipinski definition) is 3. The van der Waals surface area contributed by atoms with Gasteiger partial charge in [-0.3, -0.25) is 0 Å². The largest absolute Gasteiger partial charge is 0.456 e. The number of rotatable bonds is 3. The van der Waals surface area contributed by atoms with Gasteiger partial charge in [-0.05, 0) is 99.4 Å². The van der Waals surface area contributed by atoms with Crippen molar-refractivity contribution in [3.63, 3.8) is 0 Å². The van der Waals surface area contributed by atoms with E-state index in [1.807, 2.05) is 48.5 Å². The molecule has 6 nitrogen and oxygen atoms in total. The minimum Gasteiger partial charge on any atom is -0.456 e.